The van der Waals surface area contributed by atoms with Crippen LogP contribution in [0.25, 0.3) is 0 Å². The Morgan fingerprint density at radius 2 is 2.07 bits per heavy atom. The Kier molecular flexibility index (Phi) is 6.91. The number of pyridine rings is 1. The third-order valence-electron chi connectivity index (χ3n) is 3.83. The number of hydrogen-bond acceptors (Lipinski definition) is 5. The maximum absolute atomic E-state index is 13.2. The van der Waals surface area contributed by atoms with E-state index in [0.717, 1.165) is 23.4 Å². The second kappa shape index (κ2) is 8.97. The van der Waals surface area contributed by atoms with Gasteiger partial charge in [-0.1, -0.05) is 30.0 Å². The van der Waals surface area contributed by atoms with Crippen LogP contribution in [0.2, 0.25) is 0 Å². The first-order chi connectivity index (χ1) is 13.2. The van der Waals surface area contributed by atoms with Crippen molar-refractivity contribution in [1.29, 1.82) is 5.26 Å². The number of halogens is 3. The lowest BCUT2D eigenvalue weighted by atomic mass is 10.1. The van der Waals surface area contributed by atoms with Crippen molar-refractivity contribution in [2.45, 2.75) is 36.8 Å². The molecule has 1 atom stereocenters. The minimum atomic E-state index is -4.68. The highest BCUT2D eigenvalue weighted by Gasteiger charge is 2.36. The molecule has 0 fully saturated rings. The first-order valence-corrected chi connectivity index (χ1v) is 9.10. The average molecular weight is 409 g/mol. The van der Waals surface area contributed by atoms with Gasteiger partial charge in [0.15, 0.2) is 0 Å². The van der Waals surface area contributed by atoms with Gasteiger partial charge in [-0.25, -0.2) is 4.98 Å². The van der Waals surface area contributed by atoms with E-state index in [4.69, 9.17) is 4.74 Å². The van der Waals surface area contributed by atoms with E-state index < -0.39 is 28.5 Å². The fraction of sp³-hybridized carbons (Fsp3) is 0.316. The molecule has 0 saturated heterocycles. The van der Waals surface area contributed by atoms with E-state index in [0.29, 0.717) is 5.75 Å². The van der Waals surface area contributed by atoms with Crippen LogP contribution in [0.1, 0.15) is 29.3 Å². The molecule has 1 aromatic heterocycles. The molecule has 1 unspecified atom stereocenters. The van der Waals surface area contributed by atoms with Crippen molar-refractivity contribution in [2.24, 2.45) is 0 Å². The molecule has 2 rings (SSSR count). The minimum Gasteiger partial charge on any atom is -0.496 e. The van der Waals surface area contributed by atoms with Crippen LogP contribution >= 0.6 is 11.8 Å². The summed E-state index contributed by atoms with van der Waals surface area (Å²) in [6, 6.07) is 9.55. The zero-order valence-electron chi connectivity index (χ0n) is 15.4. The van der Waals surface area contributed by atoms with Gasteiger partial charge in [-0.05, 0) is 26.0 Å². The van der Waals surface area contributed by atoms with Crippen molar-refractivity contribution < 1.29 is 22.7 Å². The third kappa shape index (κ3) is 5.16. The van der Waals surface area contributed by atoms with Crippen LogP contribution in [0.4, 0.5) is 13.2 Å². The van der Waals surface area contributed by atoms with Gasteiger partial charge in [-0.2, -0.15) is 18.4 Å². The Morgan fingerprint density at radius 1 is 1.39 bits per heavy atom. The maximum atomic E-state index is 13.2. The van der Waals surface area contributed by atoms with Crippen LogP contribution in [-0.4, -0.2) is 23.3 Å². The fourth-order valence-electron chi connectivity index (χ4n) is 2.46. The normalized spacial score (nSPS) is 12.2. The summed E-state index contributed by atoms with van der Waals surface area (Å²) < 4.78 is 44.8. The first-order valence-electron chi connectivity index (χ1n) is 8.22. The zero-order valence-corrected chi connectivity index (χ0v) is 16.2. The van der Waals surface area contributed by atoms with Crippen LogP contribution < -0.4 is 10.1 Å². The van der Waals surface area contributed by atoms with Crippen molar-refractivity contribution in [3.63, 3.8) is 0 Å². The Labute approximate surface area is 164 Å². The summed E-state index contributed by atoms with van der Waals surface area (Å²) in [5.41, 5.74) is -0.740. The largest absolute Gasteiger partial charge is 0.496 e. The summed E-state index contributed by atoms with van der Waals surface area (Å²) in [6.07, 6.45) is -4.68. The standard InChI is InChI=1S/C19H18F3N3O2S/c1-11-8-15(19(20,21)22)14(9-23)18(25-11)28-12(2)17(26)24-10-13-6-4-5-7-16(13)27-3/h4-8,12H,10H2,1-3H3,(H,24,26). The molecule has 0 aliphatic carbocycles. The number of hydrogen-bond donors (Lipinski definition) is 1. The lowest BCUT2D eigenvalue weighted by molar-refractivity contribution is -0.138. The van der Waals surface area contributed by atoms with Crippen molar-refractivity contribution in [3.05, 3.63) is 52.7 Å². The number of nitrogens with zero attached hydrogens (tertiary/aromatic N) is 2. The van der Waals surface area contributed by atoms with Crippen LogP contribution in [0.3, 0.4) is 0 Å². The first kappa shape index (κ1) is 21.6. The molecular weight excluding hydrogens is 391 g/mol. The molecule has 148 valence electrons. The lowest BCUT2D eigenvalue weighted by Gasteiger charge is -2.16. The Bertz CT molecular complexity index is 910. The predicted molar refractivity (Wildman–Crippen MR) is 98.9 cm³/mol. The summed E-state index contributed by atoms with van der Waals surface area (Å²) in [5.74, 6) is 0.224. The van der Waals surface area contributed by atoms with Crippen LogP contribution in [0.5, 0.6) is 5.75 Å². The van der Waals surface area contributed by atoms with Crippen molar-refractivity contribution in [3.8, 4) is 11.8 Å². The van der Waals surface area contributed by atoms with Gasteiger partial charge in [0.2, 0.25) is 5.91 Å². The average Bonchev–Trinajstić information content (AvgIpc) is 2.65. The number of rotatable bonds is 6. The van der Waals surface area contributed by atoms with Gasteiger partial charge in [0.05, 0.1) is 23.5 Å². The molecule has 28 heavy (non-hydrogen) atoms. The number of carbonyl (C=O) groups is 1. The Morgan fingerprint density at radius 3 is 2.68 bits per heavy atom. The van der Waals surface area contributed by atoms with Gasteiger partial charge in [-0.15, -0.1) is 0 Å². The number of aromatic nitrogens is 1. The predicted octanol–water partition coefficient (Wildman–Crippen LogP) is 4.09. The molecule has 0 radical (unpaired) electrons. The summed E-state index contributed by atoms with van der Waals surface area (Å²) in [7, 11) is 1.52. The highest BCUT2D eigenvalue weighted by Crippen LogP contribution is 2.36. The van der Waals surface area contributed by atoms with E-state index in [2.05, 4.69) is 10.3 Å². The lowest BCUT2D eigenvalue weighted by Crippen LogP contribution is -2.30. The number of methoxy groups -OCH3 is 1. The van der Waals surface area contributed by atoms with E-state index >= 15 is 0 Å². The summed E-state index contributed by atoms with van der Waals surface area (Å²) in [5, 5.41) is 11.0. The number of aryl methyl sites for hydroxylation is 1. The van der Waals surface area contributed by atoms with Crippen LogP contribution in [0.15, 0.2) is 35.4 Å². The zero-order chi connectivity index (χ0) is 20.9. The van der Waals surface area contributed by atoms with Crippen LogP contribution in [-0.2, 0) is 17.5 Å². The van der Waals surface area contributed by atoms with Gasteiger partial charge in [0.25, 0.3) is 0 Å². The van der Waals surface area contributed by atoms with E-state index in [-0.39, 0.29) is 17.3 Å². The molecule has 5 nitrogen and oxygen atoms in total. The molecule has 0 saturated carbocycles. The molecule has 1 N–H and O–H groups in total. The Hall–Kier alpha value is -2.73. The summed E-state index contributed by atoms with van der Waals surface area (Å²) >= 11 is 0.816. The highest BCUT2D eigenvalue weighted by atomic mass is 32.2. The number of nitrogens with one attached hydrogen (secondary N) is 1. The fourth-order valence-corrected chi connectivity index (χ4v) is 3.45. The van der Waals surface area contributed by atoms with E-state index in [1.54, 1.807) is 37.3 Å². The summed E-state index contributed by atoms with van der Waals surface area (Å²) in [6.45, 7) is 3.15. The second-order valence-electron chi connectivity index (χ2n) is 5.89. The van der Waals surface area contributed by atoms with Crippen molar-refractivity contribution in [2.75, 3.05) is 7.11 Å². The smallest absolute Gasteiger partial charge is 0.417 e. The number of benzene rings is 1. The van der Waals surface area contributed by atoms with Gasteiger partial charge >= 0.3 is 6.18 Å². The number of carbonyl (C=O) groups excluding carboxylic acids is 1. The number of thioether (sulfide) groups is 1. The molecule has 0 aliphatic rings. The van der Waals surface area contributed by atoms with Gasteiger partial charge in [0.1, 0.15) is 16.8 Å². The SMILES string of the molecule is COc1ccccc1CNC(=O)C(C)Sc1nc(C)cc(C(F)(F)F)c1C#N. The topological polar surface area (TPSA) is 75.0 Å². The van der Waals surface area contributed by atoms with Gasteiger partial charge in [0, 0.05) is 17.8 Å². The Balaban J connectivity index is 2.16. The number of para-hydroxylation sites is 1. The number of nitriles is 1. The quantitative estimate of drug-likeness (QED) is 0.728. The van der Waals surface area contributed by atoms with E-state index in [1.807, 2.05) is 0 Å². The molecule has 1 amide bonds. The maximum Gasteiger partial charge on any atom is 0.417 e. The molecule has 0 spiro atoms. The van der Waals surface area contributed by atoms with E-state index in [9.17, 15) is 23.2 Å². The third-order valence-corrected chi connectivity index (χ3v) is 4.92. The second-order valence-corrected chi connectivity index (χ2v) is 7.22. The molecule has 9 heteroatoms. The highest BCUT2D eigenvalue weighted by molar-refractivity contribution is 8.00. The van der Waals surface area contributed by atoms with Crippen molar-refractivity contribution >= 4 is 17.7 Å². The molecule has 1 aromatic carbocycles. The summed E-state index contributed by atoms with van der Waals surface area (Å²) in [4.78, 5) is 16.4. The van der Waals surface area contributed by atoms with Crippen LogP contribution in [0, 0.1) is 18.3 Å². The van der Waals surface area contributed by atoms with E-state index in [1.165, 1.54) is 14.0 Å². The molecule has 0 bridgehead atoms. The molecule has 2 aromatic rings. The number of amides is 1. The molecule has 1 heterocycles. The number of alkyl halides is 3. The van der Waals surface area contributed by atoms with Gasteiger partial charge in [-0.3, -0.25) is 4.79 Å². The molecule has 0 aliphatic heterocycles. The van der Waals surface area contributed by atoms with Crippen molar-refractivity contribution in [1.82, 2.24) is 10.3 Å². The molecular formula is C19H18F3N3O2S. The van der Waals surface area contributed by atoms with Gasteiger partial charge < -0.3 is 10.1 Å². The monoisotopic (exact) mass is 409 g/mol. The minimum absolute atomic E-state index is 0.116. The number of ether oxygens (including phenoxy) is 1.